The highest BCUT2D eigenvalue weighted by Gasteiger charge is 2.33. The van der Waals surface area contributed by atoms with Gasteiger partial charge in [-0.15, -0.1) is 17.0 Å². The molecule has 12 heavy (non-hydrogen) atoms. The Morgan fingerprint density at radius 2 is 2.00 bits per heavy atom. The molecule has 3 heteroatoms. The lowest BCUT2D eigenvalue weighted by Gasteiger charge is -2.39. The highest BCUT2D eigenvalue weighted by Crippen LogP contribution is 2.33. The zero-order valence-corrected chi connectivity index (χ0v) is 9.04. The first-order valence-electron chi connectivity index (χ1n) is 4.76. The first-order chi connectivity index (χ1) is 5.38. The van der Waals surface area contributed by atoms with Crippen molar-refractivity contribution in [3.63, 3.8) is 0 Å². The second kappa shape index (κ2) is 4.58. The number of aliphatic hydroxyl groups excluding tert-OH is 1. The van der Waals surface area contributed by atoms with E-state index in [9.17, 15) is 5.11 Å². The average Bonchev–Trinajstić information content (AvgIpc) is 2.06. The number of hydrogen-bond acceptors (Lipinski definition) is 2. The van der Waals surface area contributed by atoms with Crippen molar-refractivity contribution in [3.05, 3.63) is 0 Å². The summed E-state index contributed by atoms with van der Waals surface area (Å²) < 4.78 is 0. The van der Waals surface area contributed by atoms with Gasteiger partial charge in [-0.25, -0.2) is 0 Å². The van der Waals surface area contributed by atoms with Crippen LogP contribution in [0.1, 0.15) is 25.7 Å². The third-order valence-corrected chi connectivity index (χ3v) is 3.24. The standard InChI is InChI=1S/C9H17NO.BrH/c11-9-3-1-2-7-6-10-5-4-8(7)9;/h7-11H,1-6H2;1H. The Balaban J connectivity index is 0.000000720. The first-order valence-corrected chi connectivity index (χ1v) is 4.76. The Morgan fingerprint density at radius 1 is 1.17 bits per heavy atom. The summed E-state index contributed by atoms with van der Waals surface area (Å²) in [7, 11) is 0. The van der Waals surface area contributed by atoms with E-state index in [1.54, 1.807) is 0 Å². The van der Waals surface area contributed by atoms with E-state index in [1.165, 1.54) is 19.3 Å². The number of aliphatic hydroxyl groups is 1. The van der Waals surface area contributed by atoms with E-state index in [1.807, 2.05) is 0 Å². The summed E-state index contributed by atoms with van der Waals surface area (Å²) in [6, 6.07) is 0. The molecule has 2 N–H and O–H groups in total. The van der Waals surface area contributed by atoms with E-state index in [0.29, 0.717) is 5.92 Å². The van der Waals surface area contributed by atoms with Gasteiger partial charge in [0.2, 0.25) is 0 Å². The van der Waals surface area contributed by atoms with Crippen molar-refractivity contribution in [2.24, 2.45) is 11.8 Å². The normalized spacial score (nSPS) is 41.2. The number of piperidine rings is 1. The van der Waals surface area contributed by atoms with Gasteiger partial charge in [-0.1, -0.05) is 6.42 Å². The molecule has 1 aliphatic carbocycles. The lowest BCUT2D eigenvalue weighted by molar-refractivity contribution is 0.0167. The van der Waals surface area contributed by atoms with Crippen LogP contribution in [0.3, 0.4) is 0 Å². The SMILES string of the molecule is Br.OC1CCCC2CNCCC12. The molecule has 3 unspecified atom stereocenters. The number of nitrogens with one attached hydrogen (secondary N) is 1. The van der Waals surface area contributed by atoms with E-state index in [4.69, 9.17) is 0 Å². The van der Waals surface area contributed by atoms with E-state index in [-0.39, 0.29) is 23.1 Å². The van der Waals surface area contributed by atoms with Gasteiger partial charge in [-0.3, -0.25) is 0 Å². The molecule has 2 rings (SSSR count). The van der Waals surface area contributed by atoms with Crippen molar-refractivity contribution in [1.29, 1.82) is 0 Å². The highest BCUT2D eigenvalue weighted by atomic mass is 79.9. The number of rotatable bonds is 0. The van der Waals surface area contributed by atoms with Crippen molar-refractivity contribution < 1.29 is 5.11 Å². The number of halogens is 1. The highest BCUT2D eigenvalue weighted by molar-refractivity contribution is 8.93. The monoisotopic (exact) mass is 235 g/mol. The molecule has 3 atom stereocenters. The molecule has 1 saturated carbocycles. The summed E-state index contributed by atoms with van der Waals surface area (Å²) in [5.74, 6) is 1.39. The van der Waals surface area contributed by atoms with Gasteiger partial charge in [-0.05, 0) is 44.2 Å². The molecule has 0 aromatic carbocycles. The minimum absolute atomic E-state index is 0. The van der Waals surface area contributed by atoms with E-state index in [0.717, 1.165) is 25.4 Å². The molecule has 0 amide bonds. The second-order valence-electron chi connectivity index (χ2n) is 3.91. The van der Waals surface area contributed by atoms with Gasteiger partial charge in [0.15, 0.2) is 0 Å². The summed E-state index contributed by atoms with van der Waals surface area (Å²) in [6.45, 7) is 2.25. The summed E-state index contributed by atoms with van der Waals surface area (Å²) in [5, 5.41) is 13.1. The summed E-state index contributed by atoms with van der Waals surface area (Å²) >= 11 is 0. The smallest absolute Gasteiger partial charge is 0.0572 e. The van der Waals surface area contributed by atoms with Crippen molar-refractivity contribution in [2.45, 2.75) is 31.8 Å². The molecular formula is C9H18BrNO. The lowest BCUT2D eigenvalue weighted by Crippen LogP contribution is -2.44. The van der Waals surface area contributed by atoms with Crippen molar-refractivity contribution in [1.82, 2.24) is 5.32 Å². The predicted molar refractivity (Wildman–Crippen MR) is 54.6 cm³/mol. The number of hydrogen-bond donors (Lipinski definition) is 2. The van der Waals surface area contributed by atoms with Gasteiger partial charge in [0.05, 0.1) is 6.10 Å². The zero-order valence-electron chi connectivity index (χ0n) is 7.33. The molecule has 1 aliphatic heterocycles. The summed E-state index contributed by atoms with van der Waals surface area (Å²) in [6.07, 6.45) is 4.79. The van der Waals surface area contributed by atoms with Crippen LogP contribution in [-0.4, -0.2) is 24.3 Å². The van der Waals surface area contributed by atoms with Gasteiger partial charge >= 0.3 is 0 Å². The van der Waals surface area contributed by atoms with Crippen LogP contribution in [0.4, 0.5) is 0 Å². The Kier molecular flexibility index (Phi) is 4.00. The van der Waals surface area contributed by atoms with Crippen LogP contribution in [0, 0.1) is 11.8 Å². The van der Waals surface area contributed by atoms with Crippen LogP contribution in [0.15, 0.2) is 0 Å². The molecule has 2 aliphatic rings. The maximum atomic E-state index is 9.68. The summed E-state index contributed by atoms with van der Waals surface area (Å²) in [5.41, 5.74) is 0. The van der Waals surface area contributed by atoms with E-state index < -0.39 is 0 Å². The van der Waals surface area contributed by atoms with Crippen molar-refractivity contribution in [3.8, 4) is 0 Å². The van der Waals surface area contributed by atoms with Crippen LogP contribution in [0.5, 0.6) is 0 Å². The third-order valence-electron chi connectivity index (χ3n) is 3.24. The van der Waals surface area contributed by atoms with E-state index >= 15 is 0 Å². The first kappa shape index (κ1) is 10.5. The fourth-order valence-corrected chi connectivity index (χ4v) is 2.57. The molecule has 0 aromatic rings. The predicted octanol–water partition coefficient (Wildman–Crippen LogP) is 1.33. The second-order valence-corrected chi connectivity index (χ2v) is 3.91. The number of fused-ring (bicyclic) bond motifs is 1. The van der Waals surface area contributed by atoms with Gasteiger partial charge < -0.3 is 10.4 Å². The Hall–Kier alpha value is 0.400. The summed E-state index contributed by atoms with van der Waals surface area (Å²) in [4.78, 5) is 0. The van der Waals surface area contributed by atoms with Gasteiger partial charge in [0.25, 0.3) is 0 Å². The minimum atomic E-state index is 0. The fourth-order valence-electron chi connectivity index (χ4n) is 2.57. The topological polar surface area (TPSA) is 32.3 Å². The quantitative estimate of drug-likeness (QED) is 0.665. The molecule has 0 aromatic heterocycles. The molecule has 2 nitrogen and oxygen atoms in total. The average molecular weight is 236 g/mol. The molecule has 1 saturated heterocycles. The molecule has 0 bridgehead atoms. The fraction of sp³-hybridized carbons (Fsp3) is 1.00. The van der Waals surface area contributed by atoms with Crippen molar-refractivity contribution >= 4 is 17.0 Å². The maximum absolute atomic E-state index is 9.68. The largest absolute Gasteiger partial charge is 0.393 e. The van der Waals surface area contributed by atoms with Gasteiger partial charge in [-0.2, -0.15) is 0 Å². The van der Waals surface area contributed by atoms with Gasteiger partial charge in [0.1, 0.15) is 0 Å². The third kappa shape index (κ3) is 2.01. The van der Waals surface area contributed by atoms with Crippen molar-refractivity contribution in [2.75, 3.05) is 13.1 Å². The Morgan fingerprint density at radius 3 is 2.75 bits per heavy atom. The van der Waals surface area contributed by atoms with Crippen LogP contribution >= 0.6 is 17.0 Å². The molecule has 0 spiro atoms. The van der Waals surface area contributed by atoms with E-state index in [2.05, 4.69) is 5.32 Å². The molecule has 2 fully saturated rings. The van der Waals surface area contributed by atoms with Crippen LogP contribution in [-0.2, 0) is 0 Å². The molecule has 0 radical (unpaired) electrons. The Labute approximate surface area is 84.5 Å². The molecular weight excluding hydrogens is 218 g/mol. The van der Waals surface area contributed by atoms with Crippen LogP contribution < -0.4 is 5.32 Å². The zero-order chi connectivity index (χ0) is 7.68. The van der Waals surface area contributed by atoms with Crippen LogP contribution in [0.25, 0.3) is 0 Å². The maximum Gasteiger partial charge on any atom is 0.0572 e. The molecule has 1 heterocycles. The lowest BCUT2D eigenvalue weighted by atomic mass is 9.74. The molecule has 72 valence electrons. The van der Waals surface area contributed by atoms with Gasteiger partial charge in [0, 0.05) is 0 Å². The minimum Gasteiger partial charge on any atom is -0.393 e. The van der Waals surface area contributed by atoms with Crippen LogP contribution in [0.2, 0.25) is 0 Å². The Bertz CT molecular complexity index is 140.